The summed E-state index contributed by atoms with van der Waals surface area (Å²) in [6.45, 7) is 0. The largest absolute Gasteiger partial charge is 0.472 e. The Morgan fingerprint density at radius 3 is 2.62 bits per heavy atom. The minimum absolute atomic E-state index is 0.0590. The van der Waals surface area contributed by atoms with E-state index in [9.17, 15) is 22.8 Å². The maximum atomic E-state index is 13.4. The van der Waals surface area contributed by atoms with Crippen molar-refractivity contribution in [3.63, 3.8) is 0 Å². The number of amides is 1. The lowest BCUT2D eigenvalue weighted by Crippen LogP contribution is -2.39. The molecule has 0 atom stereocenters. The van der Waals surface area contributed by atoms with E-state index in [0.717, 1.165) is 25.5 Å². The maximum Gasteiger partial charge on any atom is 0.472 e. The predicted molar refractivity (Wildman–Crippen MR) is 99.1 cm³/mol. The summed E-state index contributed by atoms with van der Waals surface area (Å²) in [6.07, 6.45) is -0.302. The van der Waals surface area contributed by atoms with Crippen LogP contribution in [0.2, 0.25) is 0 Å². The van der Waals surface area contributed by atoms with Gasteiger partial charge in [0.25, 0.3) is 0 Å². The zero-order valence-corrected chi connectivity index (χ0v) is 15.3. The van der Waals surface area contributed by atoms with Crippen molar-refractivity contribution < 1.29 is 27.5 Å². The smallest absolute Gasteiger partial charge is 0.465 e. The van der Waals surface area contributed by atoms with Crippen LogP contribution in [0.4, 0.5) is 24.7 Å². The van der Waals surface area contributed by atoms with E-state index in [-0.39, 0.29) is 17.2 Å². The van der Waals surface area contributed by atoms with Gasteiger partial charge in [-0.05, 0) is 54.7 Å². The summed E-state index contributed by atoms with van der Waals surface area (Å²) in [7, 11) is 1.12. The Balaban J connectivity index is 1.91. The molecular formula is C20H16F3N3O3. The molecule has 0 saturated heterocycles. The molecule has 150 valence electrons. The minimum atomic E-state index is -5.17. The molecule has 1 aromatic carbocycles. The Morgan fingerprint density at radius 2 is 1.97 bits per heavy atom. The highest BCUT2D eigenvalue weighted by Gasteiger charge is 2.45. The quantitative estimate of drug-likeness (QED) is 0.653. The summed E-state index contributed by atoms with van der Waals surface area (Å²) < 4.78 is 45.0. The molecule has 1 N–H and O–H groups in total. The van der Waals surface area contributed by atoms with Crippen molar-refractivity contribution in [1.82, 2.24) is 9.97 Å². The number of methoxy groups -OCH3 is 1. The average Bonchev–Trinajstić information content (AvgIpc) is 3.44. The van der Waals surface area contributed by atoms with E-state index in [1.165, 1.54) is 24.4 Å². The van der Waals surface area contributed by atoms with E-state index in [2.05, 4.69) is 9.97 Å². The summed E-state index contributed by atoms with van der Waals surface area (Å²) in [5.74, 6) is -3.22. The van der Waals surface area contributed by atoms with Crippen LogP contribution in [0.15, 0.2) is 42.7 Å². The number of aromatic amines is 1. The summed E-state index contributed by atoms with van der Waals surface area (Å²) in [4.78, 5) is 32.1. The number of hydrogen-bond donors (Lipinski definition) is 1. The maximum absolute atomic E-state index is 13.4. The number of hydrogen-bond acceptors (Lipinski definition) is 4. The number of esters is 1. The predicted octanol–water partition coefficient (Wildman–Crippen LogP) is 4.45. The Hall–Kier alpha value is -3.36. The highest BCUT2D eigenvalue weighted by atomic mass is 19.4. The van der Waals surface area contributed by atoms with Crippen LogP contribution in [-0.2, 0) is 9.53 Å². The first kappa shape index (κ1) is 19.0. The van der Waals surface area contributed by atoms with Gasteiger partial charge in [-0.25, -0.2) is 9.78 Å². The Kier molecular flexibility index (Phi) is 4.52. The molecule has 6 nitrogen and oxygen atoms in total. The second-order valence-electron chi connectivity index (χ2n) is 6.79. The molecule has 9 heteroatoms. The van der Waals surface area contributed by atoms with Crippen LogP contribution in [0.1, 0.15) is 34.7 Å². The van der Waals surface area contributed by atoms with Crippen LogP contribution in [0.3, 0.4) is 0 Å². The van der Waals surface area contributed by atoms with E-state index in [1.807, 2.05) is 0 Å². The number of pyridine rings is 1. The number of carbonyl (C=O) groups excluding carboxylic acids is 2. The van der Waals surface area contributed by atoms with Gasteiger partial charge in [-0.2, -0.15) is 13.2 Å². The van der Waals surface area contributed by atoms with E-state index in [4.69, 9.17) is 4.74 Å². The molecule has 1 saturated carbocycles. The van der Waals surface area contributed by atoms with Crippen molar-refractivity contribution in [1.29, 1.82) is 0 Å². The van der Waals surface area contributed by atoms with Crippen LogP contribution >= 0.6 is 0 Å². The molecule has 1 fully saturated rings. The average molecular weight is 403 g/mol. The molecule has 0 aliphatic heterocycles. The van der Waals surface area contributed by atoms with Crippen molar-refractivity contribution in [3.05, 3.63) is 53.9 Å². The van der Waals surface area contributed by atoms with Crippen molar-refractivity contribution >= 4 is 34.3 Å². The summed E-state index contributed by atoms with van der Waals surface area (Å²) >= 11 is 0. The van der Waals surface area contributed by atoms with Gasteiger partial charge < -0.3 is 9.72 Å². The summed E-state index contributed by atoms with van der Waals surface area (Å²) in [5.41, 5.74) is 1.17. The van der Waals surface area contributed by atoms with Gasteiger partial charge in [0.05, 0.1) is 12.8 Å². The topological polar surface area (TPSA) is 75.3 Å². The number of fused-ring (bicyclic) bond motifs is 1. The zero-order valence-electron chi connectivity index (χ0n) is 15.3. The molecular weight excluding hydrogens is 387 g/mol. The van der Waals surface area contributed by atoms with Crippen LogP contribution in [-0.4, -0.2) is 35.1 Å². The number of nitrogens with one attached hydrogen (secondary N) is 1. The van der Waals surface area contributed by atoms with E-state index >= 15 is 0 Å². The van der Waals surface area contributed by atoms with E-state index in [1.54, 1.807) is 18.3 Å². The third kappa shape index (κ3) is 3.55. The van der Waals surface area contributed by atoms with Crippen molar-refractivity contribution in [2.75, 3.05) is 12.0 Å². The van der Waals surface area contributed by atoms with Crippen molar-refractivity contribution in [2.45, 2.75) is 24.9 Å². The van der Waals surface area contributed by atoms with Crippen LogP contribution in [0.25, 0.3) is 10.9 Å². The lowest BCUT2D eigenvalue weighted by molar-refractivity contribution is -0.169. The van der Waals surface area contributed by atoms with Gasteiger partial charge in [0, 0.05) is 23.3 Å². The molecule has 0 bridgehead atoms. The lowest BCUT2D eigenvalue weighted by Gasteiger charge is -2.25. The van der Waals surface area contributed by atoms with Gasteiger partial charge >= 0.3 is 18.1 Å². The zero-order chi connectivity index (χ0) is 20.8. The number of nitrogens with zero attached hydrogens (tertiary/aromatic N) is 2. The first-order chi connectivity index (χ1) is 13.8. The van der Waals surface area contributed by atoms with Crippen LogP contribution in [0, 0.1) is 0 Å². The standard InChI is InChI=1S/C20H16F3N3O3/c1-29-18(27)15-9-13(11-2-3-11)10-25-17(15)26(19(28)20(21,22)23)14-4-5-16-12(8-14)6-7-24-16/h4-11,24H,2-3H2,1H3. The molecule has 3 aromatic rings. The highest BCUT2D eigenvalue weighted by molar-refractivity contribution is 6.08. The molecule has 1 amide bonds. The number of rotatable bonds is 4. The third-order valence-corrected chi connectivity index (χ3v) is 4.79. The number of alkyl halides is 3. The molecule has 0 unspecified atom stereocenters. The molecule has 29 heavy (non-hydrogen) atoms. The third-order valence-electron chi connectivity index (χ3n) is 4.79. The molecule has 2 aromatic heterocycles. The fourth-order valence-electron chi connectivity index (χ4n) is 3.19. The number of ether oxygens (including phenoxy) is 1. The Morgan fingerprint density at radius 1 is 1.21 bits per heavy atom. The van der Waals surface area contributed by atoms with Crippen molar-refractivity contribution in [2.24, 2.45) is 0 Å². The van der Waals surface area contributed by atoms with Gasteiger partial charge in [0.1, 0.15) is 5.56 Å². The van der Waals surface area contributed by atoms with Crippen LogP contribution < -0.4 is 4.90 Å². The Bertz CT molecular complexity index is 1100. The summed E-state index contributed by atoms with van der Waals surface area (Å²) in [5, 5.41) is 0.608. The normalized spacial score (nSPS) is 14.1. The Labute approximate surface area is 163 Å². The van der Waals surface area contributed by atoms with Gasteiger partial charge in [0.2, 0.25) is 0 Å². The molecule has 2 heterocycles. The van der Waals surface area contributed by atoms with Gasteiger partial charge in [-0.3, -0.25) is 9.69 Å². The van der Waals surface area contributed by atoms with Gasteiger partial charge in [-0.15, -0.1) is 0 Å². The summed E-state index contributed by atoms with van der Waals surface area (Å²) in [6, 6.07) is 7.46. The molecule has 1 aliphatic carbocycles. The number of halogens is 3. The van der Waals surface area contributed by atoms with E-state index < -0.39 is 23.9 Å². The molecule has 0 radical (unpaired) electrons. The minimum Gasteiger partial charge on any atom is -0.465 e. The molecule has 0 spiro atoms. The van der Waals surface area contributed by atoms with Crippen LogP contribution in [0.5, 0.6) is 0 Å². The monoisotopic (exact) mass is 403 g/mol. The number of aromatic nitrogens is 2. The van der Waals surface area contributed by atoms with Crippen molar-refractivity contribution in [3.8, 4) is 0 Å². The number of carbonyl (C=O) groups is 2. The van der Waals surface area contributed by atoms with Gasteiger partial charge in [-0.1, -0.05) is 0 Å². The second-order valence-corrected chi connectivity index (χ2v) is 6.79. The van der Waals surface area contributed by atoms with Gasteiger partial charge in [0.15, 0.2) is 5.82 Å². The number of anilines is 2. The molecule has 1 aliphatic rings. The first-order valence-corrected chi connectivity index (χ1v) is 8.86. The number of benzene rings is 1. The fourth-order valence-corrected chi connectivity index (χ4v) is 3.19. The van der Waals surface area contributed by atoms with E-state index in [0.29, 0.717) is 15.8 Å². The molecule has 4 rings (SSSR count). The SMILES string of the molecule is COC(=O)c1cc(C2CC2)cnc1N(C(=O)C(F)(F)F)c1ccc2[nH]ccc2c1. The first-order valence-electron chi connectivity index (χ1n) is 8.86. The second kappa shape index (κ2) is 6.91. The number of H-pyrrole nitrogens is 1. The lowest BCUT2D eigenvalue weighted by atomic mass is 10.1. The highest BCUT2D eigenvalue weighted by Crippen LogP contribution is 2.42. The fraction of sp³-hybridized carbons (Fsp3) is 0.250.